The fraction of sp³-hybridized carbons (Fsp3) is 0.0667. The van der Waals surface area contributed by atoms with Crippen molar-refractivity contribution in [3.63, 3.8) is 0 Å². The summed E-state index contributed by atoms with van der Waals surface area (Å²) in [5.41, 5.74) is -0.787. The Morgan fingerprint density at radius 3 is 2.58 bits per heavy atom. The van der Waals surface area contributed by atoms with Gasteiger partial charge in [0.05, 0.1) is 27.9 Å². The number of amides is 2. The fourth-order valence-electron chi connectivity index (χ4n) is 2.18. The van der Waals surface area contributed by atoms with E-state index < -0.39 is 17.0 Å². The van der Waals surface area contributed by atoms with E-state index >= 15 is 0 Å². The van der Waals surface area contributed by atoms with Gasteiger partial charge >= 0.3 is 0 Å². The molecule has 24 heavy (non-hydrogen) atoms. The number of anilines is 1. The van der Waals surface area contributed by atoms with E-state index in [1.54, 1.807) is 23.6 Å². The molecule has 8 nitrogen and oxygen atoms in total. The van der Waals surface area contributed by atoms with Crippen LogP contribution in [-0.2, 0) is 4.79 Å². The average Bonchev–Trinajstić information content (AvgIpc) is 3.11. The number of carbonyl (C=O) groups is 2. The Morgan fingerprint density at radius 2 is 1.83 bits per heavy atom. The number of hydrogen-bond acceptors (Lipinski definition) is 5. The molecule has 0 spiro atoms. The van der Waals surface area contributed by atoms with Crippen LogP contribution in [0, 0.1) is 0 Å². The van der Waals surface area contributed by atoms with Crippen molar-refractivity contribution in [3.8, 4) is 0 Å². The summed E-state index contributed by atoms with van der Waals surface area (Å²) in [5, 5.41) is 11.5. The quantitative estimate of drug-likeness (QED) is 0.554. The number of H-pyrrole nitrogens is 2. The Balaban J connectivity index is 1.77. The molecular weight excluding hydrogens is 332 g/mol. The van der Waals surface area contributed by atoms with Crippen molar-refractivity contribution in [3.05, 3.63) is 61.3 Å². The van der Waals surface area contributed by atoms with Gasteiger partial charge in [-0.1, -0.05) is 12.1 Å². The molecule has 2 amide bonds. The zero-order chi connectivity index (χ0) is 17.1. The number of fused-ring (bicyclic) bond motifs is 1. The standard InChI is InChI=1S/C15H12N4O4S/c20-11(7-16-14(22)10-5-2-6-24-10)17-9-4-1-3-8-12(9)15(23)19-18-13(8)21/h1-6H,7H2,(H,16,22)(H,17,20)(H,18,21)(H,19,23). The summed E-state index contributed by atoms with van der Waals surface area (Å²) in [5.74, 6) is -0.862. The van der Waals surface area contributed by atoms with Crippen LogP contribution in [0.25, 0.3) is 10.8 Å². The Hall–Kier alpha value is -3.20. The number of benzene rings is 1. The van der Waals surface area contributed by atoms with Gasteiger partial charge in [-0.15, -0.1) is 11.3 Å². The molecule has 0 saturated carbocycles. The van der Waals surface area contributed by atoms with Crippen LogP contribution in [0.3, 0.4) is 0 Å². The smallest absolute Gasteiger partial charge is 0.272 e. The molecule has 0 unspecified atom stereocenters. The molecule has 0 aliphatic heterocycles. The molecule has 1 aromatic carbocycles. The molecular formula is C15H12N4O4S. The first kappa shape index (κ1) is 15.7. The Morgan fingerprint density at radius 1 is 1.04 bits per heavy atom. The third-order valence-electron chi connectivity index (χ3n) is 3.25. The van der Waals surface area contributed by atoms with E-state index in [0.29, 0.717) is 4.88 Å². The highest BCUT2D eigenvalue weighted by Crippen LogP contribution is 2.16. The lowest BCUT2D eigenvalue weighted by Crippen LogP contribution is -2.32. The third-order valence-corrected chi connectivity index (χ3v) is 4.12. The Bertz CT molecular complexity index is 1020. The highest BCUT2D eigenvalue weighted by Gasteiger charge is 2.12. The van der Waals surface area contributed by atoms with Crippen molar-refractivity contribution < 1.29 is 9.59 Å². The van der Waals surface area contributed by atoms with Crippen molar-refractivity contribution in [1.29, 1.82) is 0 Å². The third kappa shape index (κ3) is 3.10. The zero-order valence-electron chi connectivity index (χ0n) is 12.2. The molecule has 0 radical (unpaired) electrons. The van der Waals surface area contributed by atoms with Gasteiger partial charge in [0.25, 0.3) is 17.0 Å². The number of hydrogen-bond donors (Lipinski definition) is 4. The summed E-state index contributed by atoms with van der Waals surface area (Å²) in [6.07, 6.45) is 0. The van der Waals surface area contributed by atoms with Gasteiger partial charge in [-0.3, -0.25) is 29.4 Å². The molecule has 2 aromatic heterocycles. The van der Waals surface area contributed by atoms with Gasteiger partial charge in [-0.05, 0) is 23.6 Å². The SMILES string of the molecule is O=C(CNC(=O)c1cccs1)Nc1cccc2c(=O)[nH][nH]c(=O)c12. The second-order valence-corrected chi connectivity index (χ2v) is 5.79. The van der Waals surface area contributed by atoms with Gasteiger partial charge < -0.3 is 10.6 Å². The Kier molecular flexibility index (Phi) is 4.25. The van der Waals surface area contributed by atoms with Crippen LogP contribution < -0.4 is 21.8 Å². The molecule has 9 heteroatoms. The second-order valence-electron chi connectivity index (χ2n) is 4.84. The van der Waals surface area contributed by atoms with Crippen molar-refractivity contribution in [2.75, 3.05) is 11.9 Å². The van der Waals surface area contributed by atoms with E-state index in [9.17, 15) is 19.2 Å². The van der Waals surface area contributed by atoms with Crippen LogP contribution in [-0.4, -0.2) is 28.6 Å². The van der Waals surface area contributed by atoms with E-state index in [1.165, 1.54) is 23.5 Å². The van der Waals surface area contributed by atoms with E-state index in [4.69, 9.17) is 0 Å². The topological polar surface area (TPSA) is 124 Å². The molecule has 122 valence electrons. The predicted molar refractivity (Wildman–Crippen MR) is 90.5 cm³/mol. The maximum Gasteiger partial charge on any atom is 0.272 e. The van der Waals surface area contributed by atoms with Crippen molar-refractivity contribution >= 4 is 39.6 Å². The summed E-state index contributed by atoms with van der Waals surface area (Å²) >= 11 is 1.26. The lowest BCUT2D eigenvalue weighted by molar-refractivity contribution is -0.115. The first-order valence-electron chi connectivity index (χ1n) is 6.91. The van der Waals surface area contributed by atoms with Crippen LogP contribution in [0.15, 0.2) is 45.3 Å². The van der Waals surface area contributed by atoms with Gasteiger partial charge in [-0.25, -0.2) is 0 Å². The maximum absolute atomic E-state index is 12.0. The summed E-state index contributed by atoms with van der Waals surface area (Å²) in [6.45, 7) is -0.256. The van der Waals surface area contributed by atoms with Gasteiger partial charge in [0, 0.05) is 0 Å². The number of nitrogens with one attached hydrogen (secondary N) is 4. The molecule has 0 aliphatic carbocycles. The highest BCUT2D eigenvalue weighted by molar-refractivity contribution is 7.12. The minimum atomic E-state index is -0.525. The molecule has 3 aromatic rings. The van der Waals surface area contributed by atoms with Gasteiger partial charge in [0.1, 0.15) is 0 Å². The largest absolute Gasteiger partial charge is 0.342 e. The van der Waals surface area contributed by atoms with E-state index in [0.717, 1.165) is 0 Å². The summed E-state index contributed by atoms with van der Waals surface area (Å²) in [7, 11) is 0. The molecule has 0 bridgehead atoms. The van der Waals surface area contributed by atoms with Gasteiger partial charge in [0.2, 0.25) is 5.91 Å². The van der Waals surface area contributed by atoms with Gasteiger partial charge in [-0.2, -0.15) is 0 Å². The first-order chi connectivity index (χ1) is 11.6. The predicted octanol–water partition coefficient (Wildman–Crippen LogP) is 0.646. The van der Waals surface area contributed by atoms with Crippen LogP contribution in [0.4, 0.5) is 5.69 Å². The van der Waals surface area contributed by atoms with Crippen LogP contribution in [0.2, 0.25) is 0 Å². The molecule has 0 saturated heterocycles. The summed E-state index contributed by atoms with van der Waals surface area (Å²) < 4.78 is 0. The second kappa shape index (κ2) is 6.50. The van der Waals surface area contributed by atoms with Crippen LogP contribution >= 0.6 is 11.3 Å². The van der Waals surface area contributed by atoms with Gasteiger partial charge in [0.15, 0.2) is 0 Å². The van der Waals surface area contributed by atoms with Crippen molar-refractivity contribution in [2.24, 2.45) is 0 Å². The lowest BCUT2D eigenvalue weighted by atomic mass is 10.1. The number of aromatic nitrogens is 2. The summed E-state index contributed by atoms with van der Waals surface area (Å²) in [6, 6.07) is 7.93. The number of carbonyl (C=O) groups excluding carboxylic acids is 2. The zero-order valence-corrected chi connectivity index (χ0v) is 13.0. The molecule has 3 rings (SSSR count). The molecule has 4 N–H and O–H groups in total. The van der Waals surface area contributed by atoms with E-state index in [-0.39, 0.29) is 28.9 Å². The number of thiophene rings is 1. The van der Waals surface area contributed by atoms with E-state index in [1.807, 2.05) is 0 Å². The lowest BCUT2D eigenvalue weighted by Gasteiger charge is -2.08. The number of rotatable bonds is 4. The summed E-state index contributed by atoms with van der Waals surface area (Å²) in [4.78, 5) is 47.9. The fourth-order valence-corrected chi connectivity index (χ4v) is 2.82. The molecule has 0 atom stereocenters. The van der Waals surface area contributed by atoms with E-state index in [2.05, 4.69) is 20.8 Å². The monoisotopic (exact) mass is 344 g/mol. The van der Waals surface area contributed by atoms with Crippen molar-refractivity contribution in [1.82, 2.24) is 15.5 Å². The average molecular weight is 344 g/mol. The Labute approximate surface area is 138 Å². The highest BCUT2D eigenvalue weighted by atomic mass is 32.1. The molecule has 2 heterocycles. The van der Waals surface area contributed by atoms with Crippen molar-refractivity contribution in [2.45, 2.75) is 0 Å². The minimum absolute atomic E-state index is 0.0826. The maximum atomic E-state index is 12.0. The minimum Gasteiger partial charge on any atom is -0.342 e. The van der Waals surface area contributed by atoms with Crippen LogP contribution in [0.1, 0.15) is 9.67 Å². The number of aromatic amines is 2. The normalized spacial score (nSPS) is 10.5. The molecule has 0 aliphatic rings. The molecule has 0 fully saturated rings. The van der Waals surface area contributed by atoms with Crippen LogP contribution in [0.5, 0.6) is 0 Å². The first-order valence-corrected chi connectivity index (χ1v) is 7.79.